The van der Waals surface area contributed by atoms with Crippen LogP contribution in [0.4, 0.5) is 18.9 Å². The van der Waals surface area contributed by atoms with Gasteiger partial charge in [-0.2, -0.15) is 18.3 Å². The summed E-state index contributed by atoms with van der Waals surface area (Å²) in [4.78, 5) is 13.4. The van der Waals surface area contributed by atoms with Crippen molar-refractivity contribution in [3.05, 3.63) is 35.5 Å². The Bertz CT molecular complexity index is 913. The number of anilines is 1. The number of aryl methyl sites for hydroxylation is 1. The molecule has 0 spiro atoms. The van der Waals surface area contributed by atoms with E-state index in [1.54, 1.807) is 13.8 Å². The summed E-state index contributed by atoms with van der Waals surface area (Å²) >= 11 is 0. The number of rotatable bonds is 3. The van der Waals surface area contributed by atoms with E-state index in [1.165, 1.54) is 4.68 Å². The van der Waals surface area contributed by atoms with E-state index in [2.05, 4.69) is 10.4 Å². The molecule has 4 rings (SSSR count). The minimum atomic E-state index is -4.45. The average molecular weight is 406 g/mol. The van der Waals surface area contributed by atoms with Crippen LogP contribution in [-0.2, 0) is 23.9 Å². The first-order valence-corrected chi connectivity index (χ1v) is 10.1. The first-order chi connectivity index (χ1) is 13.8. The molecule has 0 aliphatic carbocycles. The Morgan fingerprint density at radius 3 is 2.59 bits per heavy atom. The zero-order valence-corrected chi connectivity index (χ0v) is 16.6. The zero-order chi connectivity index (χ0) is 20.8. The minimum absolute atomic E-state index is 0.126. The van der Waals surface area contributed by atoms with Gasteiger partial charge in [0.1, 0.15) is 0 Å². The van der Waals surface area contributed by atoms with Crippen molar-refractivity contribution in [3.63, 3.8) is 0 Å². The molecule has 0 radical (unpaired) electrons. The standard InChI is InChI=1S/C21H25F3N4O/c1-3-28-19(12-20(26-28)21(22,23)24)15-4-5-17-16(10-15)11-18(25-17)14-6-8-27(9-7-14)13(2)29/h4-5,10,12,14,18,25H,3,6-9,11H2,1-2H3. The third kappa shape index (κ3) is 3.84. The number of nitrogens with zero attached hydrogens (tertiary/aromatic N) is 3. The molecule has 29 heavy (non-hydrogen) atoms. The summed E-state index contributed by atoms with van der Waals surface area (Å²) in [7, 11) is 0. The number of hydrogen-bond acceptors (Lipinski definition) is 3. The number of carbonyl (C=O) groups excluding carboxylic acids is 1. The monoisotopic (exact) mass is 406 g/mol. The SMILES string of the molecule is CCn1nc(C(F)(F)F)cc1-c1ccc2c(c1)CC(C1CCN(C(C)=O)CC1)N2. The van der Waals surface area contributed by atoms with Gasteiger partial charge in [-0.05, 0) is 55.9 Å². The first kappa shape index (κ1) is 19.8. The van der Waals surface area contributed by atoms with Crippen molar-refractivity contribution in [2.24, 2.45) is 5.92 Å². The predicted molar refractivity (Wildman–Crippen MR) is 104 cm³/mol. The Morgan fingerprint density at radius 1 is 1.24 bits per heavy atom. The summed E-state index contributed by atoms with van der Waals surface area (Å²) in [5, 5.41) is 7.30. The fourth-order valence-corrected chi connectivity index (χ4v) is 4.48. The van der Waals surface area contributed by atoms with Crippen LogP contribution in [0.1, 0.15) is 37.9 Å². The topological polar surface area (TPSA) is 50.2 Å². The Balaban J connectivity index is 1.52. The van der Waals surface area contributed by atoms with Gasteiger partial charge in [0, 0.05) is 43.9 Å². The van der Waals surface area contributed by atoms with E-state index in [-0.39, 0.29) is 5.91 Å². The molecule has 1 atom stereocenters. The van der Waals surface area contributed by atoms with E-state index in [9.17, 15) is 18.0 Å². The fraction of sp³-hybridized carbons (Fsp3) is 0.524. The van der Waals surface area contributed by atoms with Crippen molar-refractivity contribution in [2.75, 3.05) is 18.4 Å². The van der Waals surface area contributed by atoms with Gasteiger partial charge >= 0.3 is 6.18 Å². The van der Waals surface area contributed by atoms with Gasteiger partial charge in [0.2, 0.25) is 5.91 Å². The summed E-state index contributed by atoms with van der Waals surface area (Å²) in [6.45, 7) is 5.34. The van der Waals surface area contributed by atoms with E-state index in [0.717, 1.165) is 55.2 Å². The molecule has 5 nitrogen and oxygen atoms in total. The Hall–Kier alpha value is -2.51. The van der Waals surface area contributed by atoms with Crippen molar-refractivity contribution in [1.82, 2.24) is 14.7 Å². The molecule has 1 unspecified atom stereocenters. The van der Waals surface area contributed by atoms with Crippen LogP contribution in [0.5, 0.6) is 0 Å². The number of piperidine rings is 1. The van der Waals surface area contributed by atoms with Gasteiger partial charge in [0.05, 0.1) is 5.69 Å². The van der Waals surface area contributed by atoms with E-state index >= 15 is 0 Å². The predicted octanol–water partition coefficient (Wildman–Crippen LogP) is 4.18. The van der Waals surface area contributed by atoms with Crippen molar-refractivity contribution < 1.29 is 18.0 Å². The van der Waals surface area contributed by atoms with E-state index in [1.807, 2.05) is 23.1 Å². The second-order valence-corrected chi connectivity index (χ2v) is 7.90. The maximum atomic E-state index is 13.1. The second-order valence-electron chi connectivity index (χ2n) is 7.90. The fourth-order valence-electron chi connectivity index (χ4n) is 4.48. The number of fused-ring (bicyclic) bond motifs is 1. The zero-order valence-electron chi connectivity index (χ0n) is 16.6. The molecule has 1 fully saturated rings. The Morgan fingerprint density at radius 2 is 1.97 bits per heavy atom. The molecule has 0 bridgehead atoms. The van der Waals surface area contributed by atoms with Crippen LogP contribution in [0.3, 0.4) is 0 Å². The van der Waals surface area contributed by atoms with Crippen LogP contribution in [-0.4, -0.2) is 39.7 Å². The Labute approximate surface area is 167 Å². The van der Waals surface area contributed by atoms with Gasteiger partial charge in [-0.3, -0.25) is 9.48 Å². The van der Waals surface area contributed by atoms with E-state index in [4.69, 9.17) is 0 Å². The maximum absolute atomic E-state index is 13.1. The average Bonchev–Trinajstić information content (AvgIpc) is 3.31. The van der Waals surface area contributed by atoms with Crippen molar-refractivity contribution >= 4 is 11.6 Å². The number of alkyl halides is 3. The van der Waals surface area contributed by atoms with Crippen LogP contribution >= 0.6 is 0 Å². The smallest absolute Gasteiger partial charge is 0.381 e. The van der Waals surface area contributed by atoms with Gasteiger partial charge in [0.25, 0.3) is 0 Å². The molecule has 1 aromatic heterocycles. The highest BCUT2D eigenvalue weighted by Crippen LogP contribution is 2.37. The first-order valence-electron chi connectivity index (χ1n) is 10.1. The van der Waals surface area contributed by atoms with Crippen molar-refractivity contribution in [3.8, 4) is 11.3 Å². The minimum Gasteiger partial charge on any atom is -0.381 e. The molecular weight excluding hydrogens is 381 g/mol. The lowest BCUT2D eigenvalue weighted by atomic mass is 9.87. The number of aromatic nitrogens is 2. The van der Waals surface area contributed by atoms with Gasteiger partial charge < -0.3 is 10.2 Å². The summed E-state index contributed by atoms with van der Waals surface area (Å²) in [5.41, 5.74) is 2.55. The molecule has 1 aromatic carbocycles. The number of halogens is 3. The number of likely N-dealkylation sites (tertiary alicyclic amines) is 1. The maximum Gasteiger partial charge on any atom is 0.435 e. The number of nitrogens with one attached hydrogen (secondary N) is 1. The summed E-state index contributed by atoms with van der Waals surface area (Å²) in [6.07, 6.45) is -1.67. The van der Waals surface area contributed by atoms with Crippen LogP contribution in [0.25, 0.3) is 11.3 Å². The molecule has 1 amide bonds. The van der Waals surface area contributed by atoms with Crippen LogP contribution in [0.15, 0.2) is 24.3 Å². The highest BCUT2D eigenvalue weighted by atomic mass is 19.4. The molecule has 8 heteroatoms. The lowest BCUT2D eigenvalue weighted by Gasteiger charge is -2.34. The van der Waals surface area contributed by atoms with Crippen molar-refractivity contribution in [2.45, 2.75) is 51.9 Å². The van der Waals surface area contributed by atoms with Gasteiger partial charge in [-0.25, -0.2) is 0 Å². The third-order valence-electron chi connectivity index (χ3n) is 6.11. The summed E-state index contributed by atoms with van der Waals surface area (Å²) < 4.78 is 40.6. The number of carbonyl (C=O) groups is 1. The van der Waals surface area contributed by atoms with Crippen LogP contribution < -0.4 is 5.32 Å². The highest BCUT2D eigenvalue weighted by molar-refractivity contribution is 5.73. The van der Waals surface area contributed by atoms with Crippen LogP contribution in [0, 0.1) is 5.92 Å². The van der Waals surface area contributed by atoms with Crippen LogP contribution in [0.2, 0.25) is 0 Å². The Kier molecular flexibility index (Phi) is 5.04. The molecule has 156 valence electrons. The lowest BCUT2D eigenvalue weighted by molar-refractivity contribution is -0.141. The molecule has 2 aliphatic heterocycles. The van der Waals surface area contributed by atoms with E-state index < -0.39 is 11.9 Å². The normalized spacial score (nSPS) is 19.9. The molecule has 3 heterocycles. The second kappa shape index (κ2) is 7.39. The molecule has 2 aromatic rings. The summed E-state index contributed by atoms with van der Waals surface area (Å²) in [5.74, 6) is 0.612. The number of amides is 1. The van der Waals surface area contributed by atoms with E-state index in [0.29, 0.717) is 24.2 Å². The molecule has 1 saturated heterocycles. The van der Waals surface area contributed by atoms with Gasteiger partial charge in [0.15, 0.2) is 5.69 Å². The lowest BCUT2D eigenvalue weighted by Crippen LogP contribution is -2.41. The summed E-state index contributed by atoms with van der Waals surface area (Å²) in [6, 6.07) is 7.22. The van der Waals surface area contributed by atoms with Crippen molar-refractivity contribution in [1.29, 1.82) is 0 Å². The van der Waals surface area contributed by atoms with Gasteiger partial charge in [-0.15, -0.1) is 0 Å². The molecule has 2 aliphatic rings. The number of benzene rings is 1. The highest BCUT2D eigenvalue weighted by Gasteiger charge is 2.35. The largest absolute Gasteiger partial charge is 0.435 e. The molecular formula is C21H25F3N4O. The third-order valence-corrected chi connectivity index (χ3v) is 6.11. The quantitative estimate of drug-likeness (QED) is 0.832. The van der Waals surface area contributed by atoms with Gasteiger partial charge in [-0.1, -0.05) is 6.07 Å². The molecule has 1 N–H and O–H groups in total. The molecule has 0 saturated carbocycles. The number of hydrogen-bond donors (Lipinski definition) is 1.